The molecule has 0 radical (unpaired) electrons. The van der Waals surface area contributed by atoms with Crippen molar-refractivity contribution in [1.29, 1.82) is 0 Å². The molecule has 3 aliphatic rings. The first-order chi connectivity index (χ1) is 17.0. The number of nitrogens with zero attached hydrogens (tertiary/aromatic N) is 3. The Hall–Kier alpha value is -3.91. The van der Waals surface area contributed by atoms with Crippen LogP contribution in [0.4, 0.5) is 4.79 Å². The highest BCUT2D eigenvalue weighted by molar-refractivity contribution is 6.30. The molecule has 2 aromatic carbocycles. The van der Waals surface area contributed by atoms with E-state index < -0.39 is 36.0 Å². The number of amides is 4. The van der Waals surface area contributed by atoms with Crippen LogP contribution in [0.15, 0.2) is 76.4 Å². The zero-order chi connectivity index (χ0) is 24.2. The van der Waals surface area contributed by atoms with Gasteiger partial charge in [-0.25, -0.2) is 9.80 Å². The lowest BCUT2D eigenvalue weighted by Crippen LogP contribution is -2.44. The Balaban J connectivity index is 1.28. The van der Waals surface area contributed by atoms with Crippen molar-refractivity contribution < 1.29 is 18.8 Å². The highest BCUT2D eigenvalue weighted by Crippen LogP contribution is 2.41. The minimum atomic E-state index is -1.11. The Bertz CT molecular complexity index is 1370. The standard InChI is InChI=1S/C26H21ClN4O4/c27-18-9-7-17(8-10-18)20-14-21(22-6-3-13-35-22)31(29-20)23(32)15-30-24(33)26(28-25(30)34)12-11-16-4-1-2-5-19(16)26/h1-10,13,21H,11-12,14-15H2,(H,28,34)/t21-,26+/m1/s1. The van der Waals surface area contributed by atoms with Crippen LogP contribution in [0.1, 0.15) is 41.3 Å². The summed E-state index contributed by atoms with van der Waals surface area (Å²) in [6, 6.07) is 17.3. The van der Waals surface area contributed by atoms with Crippen molar-refractivity contribution in [2.75, 3.05) is 6.54 Å². The van der Waals surface area contributed by atoms with E-state index in [0.717, 1.165) is 21.6 Å². The molecule has 2 atom stereocenters. The van der Waals surface area contributed by atoms with Gasteiger partial charge in [0.15, 0.2) is 0 Å². The average Bonchev–Trinajstić information content (AvgIpc) is 3.64. The molecule has 2 aliphatic heterocycles. The molecule has 1 spiro atoms. The fourth-order valence-electron chi connectivity index (χ4n) is 5.20. The SMILES string of the molecule is O=C1N[C@]2(CCc3ccccc32)C(=O)N1CC(=O)N1N=C(c2ccc(Cl)cc2)C[C@@H]1c1ccco1. The van der Waals surface area contributed by atoms with Gasteiger partial charge >= 0.3 is 6.03 Å². The number of furan rings is 1. The summed E-state index contributed by atoms with van der Waals surface area (Å²) in [6.07, 6.45) is 3.12. The van der Waals surface area contributed by atoms with Crippen LogP contribution >= 0.6 is 11.6 Å². The van der Waals surface area contributed by atoms with Crippen molar-refractivity contribution in [2.24, 2.45) is 5.10 Å². The van der Waals surface area contributed by atoms with E-state index in [1.54, 1.807) is 24.3 Å². The fraction of sp³-hybridized carbons (Fsp3) is 0.231. The van der Waals surface area contributed by atoms with E-state index in [9.17, 15) is 14.4 Å². The van der Waals surface area contributed by atoms with Gasteiger partial charge in [0.1, 0.15) is 23.9 Å². The van der Waals surface area contributed by atoms with Crippen molar-refractivity contribution in [3.63, 3.8) is 0 Å². The molecule has 1 N–H and O–H groups in total. The lowest BCUT2D eigenvalue weighted by atomic mass is 9.92. The normalized spacial score (nSPS) is 23.1. The molecule has 176 valence electrons. The number of imide groups is 1. The Morgan fingerprint density at radius 2 is 1.91 bits per heavy atom. The molecule has 1 saturated heterocycles. The number of benzene rings is 2. The van der Waals surface area contributed by atoms with Gasteiger partial charge in [-0.05, 0) is 53.8 Å². The molecule has 1 fully saturated rings. The summed E-state index contributed by atoms with van der Waals surface area (Å²) in [5.74, 6) is -0.303. The second kappa shape index (κ2) is 8.09. The molecule has 35 heavy (non-hydrogen) atoms. The molecule has 0 saturated carbocycles. The molecule has 1 aromatic heterocycles. The van der Waals surface area contributed by atoms with Crippen molar-refractivity contribution in [1.82, 2.24) is 15.2 Å². The highest BCUT2D eigenvalue weighted by Gasteiger charge is 2.56. The minimum absolute atomic E-state index is 0.406. The Morgan fingerprint density at radius 3 is 2.69 bits per heavy atom. The molecule has 4 amide bonds. The van der Waals surface area contributed by atoms with Crippen molar-refractivity contribution in [2.45, 2.75) is 30.8 Å². The van der Waals surface area contributed by atoms with Crippen molar-refractivity contribution in [3.05, 3.63) is 94.4 Å². The third-order valence-corrected chi connectivity index (χ3v) is 7.18. The summed E-state index contributed by atoms with van der Waals surface area (Å²) in [6.45, 7) is -0.414. The molecule has 3 aromatic rings. The van der Waals surface area contributed by atoms with E-state index in [0.29, 0.717) is 35.8 Å². The number of nitrogens with one attached hydrogen (secondary N) is 1. The molecule has 3 heterocycles. The number of hydrogen-bond donors (Lipinski definition) is 1. The highest BCUT2D eigenvalue weighted by atomic mass is 35.5. The van der Waals surface area contributed by atoms with Crippen LogP contribution < -0.4 is 5.32 Å². The number of hydrazone groups is 1. The zero-order valence-electron chi connectivity index (χ0n) is 18.6. The molecule has 1 aliphatic carbocycles. The van der Waals surface area contributed by atoms with E-state index in [4.69, 9.17) is 16.0 Å². The Morgan fingerprint density at radius 1 is 1.11 bits per heavy atom. The summed E-state index contributed by atoms with van der Waals surface area (Å²) in [5.41, 5.74) is 2.24. The number of carbonyl (C=O) groups is 3. The van der Waals surface area contributed by atoms with Crippen LogP contribution in [-0.4, -0.2) is 40.0 Å². The van der Waals surface area contributed by atoms with E-state index in [1.807, 2.05) is 36.4 Å². The number of carbonyl (C=O) groups excluding carboxylic acids is 3. The van der Waals surface area contributed by atoms with Gasteiger partial charge in [-0.3, -0.25) is 14.5 Å². The quantitative estimate of drug-likeness (QED) is 0.561. The summed E-state index contributed by atoms with van der Waals surface area (Å²) in [4.78, 5) is 40.8. The second-order valence-electron chi connectivity index (χ2n) is 8.91. The monoisotopic (exact) mass is 488 g/mol. The third-order valence-electron chi connectivity index (χ3n) is 6.93. The Labute approximate surface area is 206 Å². The number of hydrogen-bond acceptors (Lipinski definition) is 5. The van der Waals surface area contributed by atoms with Crippen LogP contribution in [0, 0.1) is 0 Å². The molecule has 0 bridgehead atoms. The first-order valence-corrected chi connectivity index (χ1v) is 11.8. The van der Waals surface area contributed by atoms with E-state index >= 15 is 0 Å². The van der Waals surface area contributed by atoms with E-state index in [-0.39, 0.29) is 0 Å². The molecular formula is C26H21ClN4O4. The lowest BCUT2D eigenvalue weighted by molar-refractivity contribution is -0.140. The number of halogens is 1. The number of fused-ring (bicyclic) bond motifs is 2. The maximum absolute atomic E-state index is 13.5. The summed E-state index contributed by atoms with van der Waals surface area (Å²) >= 11 is 6.02. The number of rotatable bonds is 4. The topological polar surface area (TPSA) is 95.2 Å². The van der Waals surface area contributed by atoms with Gasteiger partial charge in [-0.15, -0.1) is 0 Å². The molecule has 0 unspecified atom stereocenters. The van der Waals surface area contributed by atoms with Gasteiger partial charge in [-0.2, -0.15) is 5.10 Å². The largest absolute Gasteiger partial charge is 0.467 e. The van der Waals surface area contributed by atoms with Gasteiger partial charge in [0.25, 0.3) is 11.8 Å². The van der Waals surface area contributed by atoms with Crippen LogP contribution in [0.5, 0.6) is 0 Å². The smallest absolute Gasteiger partial charge is 0.325 e. The van der Waals surface area contributed by atoms with Gasteiger partial charge in [0.05, 0.1) is 12.0 Å². The van der Waals surface area contributed by atoms with E-state index in [1.165, 1.54) is 11.3 Å². The summed E-state index contributed by atoms with van der Waals surface area (Å²) in [7, 11) is 0. The number of urea groups is 1. The predicted octanol–water partition coefficient (Wildman–Crippen LogP) is 4.00. The van der Waals surface area contributed by atoms with Crippen LogP contribution in [-0.2, 0) is 21.5 Å². The van der Waals surface area contributed by atoms with Gasteiger partial charge < -0.3 is 9.73 Å². The summed E-state index contributed by atoms with van der Waals surface area (Å²) in [5, 5.41) is 9.35. The maximum atomic E-state index is 13.5. The average molecular weight is 489 g/mol. The van der Waals surface area contributed by atoms with Crippen LogP contribution in [0.25, 0.3) is 0 Å². The first-order valence-electron chi connectivity index (χ1n) is 11.4. The summed E-state index contributed by atoms with van der Waals surface area (Å²) < 4.78 is 5.58. The van der Waals surface area contributed by atoms with Crippen molar-refractivity contribution >= 4 is 35.2 Å². The first kappa shape index (κ1) is 21.6. The predicted molar refractivity (Wildman–Crippen MR) is 128 cm³/mol. The van der Waals surface area contributed by atoms with Gasteiger partial charge in [-0.1, -0.05) is 48.0 Å². The van der Waals surface area contributed by atoms with E-state index in [2.05, 4.69) is 10.4 Å². The molecule has 8 nitrogen and oxygen atoms in total. The minimum Gasteiger partial charge on any atom is -0.467 e. The third kappa shape index (κ3) is 3.44. The molecule has 9 heteroatoms. The molecular weight excluding hydrogens is 468 g/mol. The fourth-order valence-corrected chi connectivity index (χ4v) is 5.33. The maximum Gasteiger partial charge on any atom is 0.325 e. The number of aryl methyl sites for hydroxylation is 1. The van der Waals surface area contributed by atoms with Crippen LogP contribution in [0.2, 0.25) is 5.02 Å². The zero-order valence-corrected chi connectivity index (χ0v) is 19.4. The van der Waals surface area contributed by atoms with Gasteiger partial charge in [0.2, 0.25) is 0 Å². The van der Waals surface area contributed by atoms with Crippen molar-refractivity contribution in [3.8, 4) is 0 Å². The Kier molecular flexibility index (Phi) is 5.00. The molecule has 6 rings (SSSR count). The lowest BCUT2D eigenvalue weighted by Gasteiger charge is -2.24. The van der Waals surface area contributed by atoms with Crippen LogP contribution in [0.3, 0.4) is 0 Å². The van der Waals surface area contributed by atoms with Gasteiger partial charge in [0, 0.05) is 11.4 Å². The second-order valence-corrected chi connectivity index (χ2v) is 9.35.